The lowest BCUT2D eigenvalue weighted by molar-refractivity contribution is 0.318. The summed E-state index contributed by atoms with van der Waals surface area (Å²) in [4.78, 5) is 0. The van der Waals surface area contributed by atoms with Crippen LogP contribution in [0, 0.1) is 0 Å². The molecule has 1 atom stereocenters. The van der Waals surface area contributed by atoms with Crippen LogP contribution in [0.5, 0.6) is 5.75 Å². The van der Waals surface area contributed by atoms with E-state index in [2.05, 4.69) is 48.6 Å². The summed E-state index contributed by atoms with van der Waals surface area (Å²) >= 11 is 1.99. The zero-order chi connectivity index (χ0) is 14.5. The van der Waals surface area contributed by atoms with Gasteiger partial charge < -0.3 is 10.1 Å². The minimum atomic E-state index is 0.353. The number of nitrogens with one attached hydrogen (secondary N) is 1. The van der Waals surface area contributed by atoms with Gasteiger partial charge in [0.1, 0.15) is 5.75 Å². The van der Waals surface area contributed by atoms with Gasteiger partial charge in [0, 0.05) is 11.5 Å². The minimum Gasteiger partial charge on any atom is -0.491 e. The Morgan fingerprint density at radius 2 is 1.95 bits per heavy atom. The second-order valence-electron chi connectivity index (χ2n) is 5.26. The first-order valence-corrected chi connectivity index (χ1v) is 8.68. The third-order valence-electron chi connectivity index (χ3n) is 3.65. The van der Waals surface area contributed by atoms with Crippen LogP contribution in [-0.4, -0.2) is 12.4 Å². The fraction of sp³-hybridized carbons (Fsp3) is 0.333. The van der Waals surface area contributed by atoms with Crippen LogP contribution in [0.15, 0.2) is 48.5 Å². The van der Waals surface area contributed by atoms with E-state index in [1.807, 2.05) is 23.9 Å². The second-order valence-corrected chi connectivity index (χ2v) is 6.29. The van der Waals surface area contributed by atoms with Crippen molar-refractivity contribution < 1.29 is 4.74 Å². The van der Waals surface area contributed by atoms with Gasteiger partial charge in [-0.1, -0.05) is 43.3 Å². The summed E-state index contributed by atoms with van der Waals surface area (Å²) in [5, 5.41) is 3.67. The molecule has 110 valence electrons. The molecule has 3 rings (SSSR count). The van der Waals surface area contributed by atoms with Crippen LogP contribution >= 0.6 is 11.8 Å². The van der Waals surface area contributed by atoms with Crippen molar-refractivity contribution in [3.8, 4) is 5.75 Å². The number of para-hydroxylation sites is 2. The Balaban J connectivity index is 1.81. The summed E-state index contributed by atoms with van der Waals surface area (Å²) in [7, 11) is 0. The first-order valence-electron chi connectivity index (χ1n) is 7.52. The van der Waals surface area contributed by atoms with Gasteiger partial charge in [0.2, 0.25) is 0 Å². The minimum absolute atomic E-state index is 0.353. The van der Waals surface area contributed by atoms with Gasteiger partial charge in [-0.15, -0.1) is 0 Å². The molecule has 0 fully saturated rings. The average molecular weight is 299 g/mol. The van der Waals surface area contributed by atoms with E-state index in [1.54, 1.807) is 0 Å². The molecule has 1 N–H and O–H groups in total. The van der Waals surface area contributed by atoms with Crippen molar-refractivity contribution >= 4 is 17.4 Å². The van der Waals surface area contributed by atoms with E-state index in [0.29, 0.717) is 6.04 Å². The normalized spacial score (nSPS) is 17.1. The molecule has 0 aliphatic carbocycles. The summed E-state index contributed by atoms with van der Waals surface area (Å²) < 4.78 is 5.85. The predicted octanol–water partition coefficient (Wildman–Crippen LogP) is 4.88. The van der Waals surface area contributed by atoms with Gasteiger partial charge in [-0.2, -0.15) is 11.8 Å². The fourth-order valence-electron chi connectivity index (χ4n) is 2.61. The molecule has 0 saturated carbocycles. The van der Waals surface area contributed by atoms with Gasteiger partial charge >= 0.3 is 0 Å². The molecule has 1 aliphatic heterocycles. The van der Waals surface area contributed by atoms with Gasteiger partial charge in [-0.25, -0.2) is 0 Å². The van der Waals surface area contributed by atoms with Crippen molar-refractivity contribution in [1.29, 1.82) is 0 Å². The van der Waals surface area contributed by atoms with Gasteiger partial charge in [-0.05, 0) is 29.7 Å². The molecule has 21 heavy (non-hydrogen) atoms. The van der Waals surface area contributed by atoms with E-state index < -0.39 is 0 Å². The number of hydrogen-bond donors (Lipinski definition) is 1. The van der Waals surface area contributed by atoms with Crippen LogP contribution in [0.25, 0.3) is 0 Å². The lowest BCUT2D eigenvalue weighted by Crippen LogP contribution is -2.19. The number of anilines is 1. The van der Waals surface area contributed by atoms with E-state index >= 15 is 0 Å². The van der Waals surface area contributed by atoms with Crippen LogP contribution < -0.4 is 10.1 Å². The Labute approximate surface area is 130 Å². The van der Waals surface area contributed by atoms with Gasteiger partial charge in [-0.3, -0.25) is 0 Å². The van der Waals surface area contributed by atoms with Gasteiger partial charge in [0.05, 0.1) is 18.3 Å². The molecular weight excluding hydrogens is 278 g/mol. The maximum atomic E-state index is 5.85. The largest absolute Gasteiger partial charge is 0.491 e. The van der Waals surface area contributed by atoms with Crippen LogP contribution in [0.1, 0.15) is 30.5 Å². The smallest absolute Gasteiger partial charge is 0.142 e. The highest BCUT2D eigenvalue weighted by molar-refractivity contribution is 7.98. The van der Waals surface area contributed by atoms with E-state index in [-0.39, 0.29) is 0 Å². The summed E-state index contributed by atoms with van der Waals surface area (Å²) in [6.07, 6.45) is 1.02. The third-order valence-corrected chi connectivity index (χ3v) is 4.74. The summed E-state index contributed by atoms with van der Waals surface area (Å²) in [6.45, 7) is 2.89. The zero-order valence-electron chi connectivity index (χ0n) is 12.3. The average Bonchev–Trinajstić information content (AvgIpc) is 2.54. The van der Waals surface area contributed by atoms with E-state index in [0.717, 1.165) is 36.0 Å². The molecule has 2 aromatic carbocycles. The Morgan fingerprint density at radius 3 is 2.86 bits per heavy atom. The van der Waals surface area contributed by atoms with Crippen molar-refractivity contribution in [2.24, 2.45) is 0 Å². The van der Waals surface area contributed by atoms with E-state index in [9.17, 15) is 0 Å². The van der Waals surface area contributed by atoms with Gasteiger partial charge in [0.15, 0.2) is 0 Å². The van der Waals surface area contributed by atoms with Crippen molar-refractivity contribution in [1.82, 2.24) is 0 Å². The lowest BCUT2D eigenvalue weighted by atomic mass is 10.0. The zero-order valence-corrected chi connectivity index (χ0v) is 13.2. The van der Waals surface area contributed by atoms with Gasteiger partial charge in [0.25, 0.3) is 0 Å². The molecule has 0 bridgehead atoms. The van der Waals surface area contributed by atoms with Crippen molar-refractivity contribution in [3.05, 3.63) is 59.7 Å². The standard InChI is InChI=1S/C18H21NOS/c1-2-11-20-18-10-6-5-9-16(18)19-17-13-21-12-14-7-3-4-8-15(14)17/h3-10,17,19H,2,11-13H2,1H3. The molecule has 0 saturated heterocycles. The second kappa shape index (κ2) is 6.90. The number of benzene rings is 2. The lowest BCUT2D eigenvalue weighted by Gasteiger charge is -2.27. The Kier molecular flexibility index (Phi) is 4.71. The number of rotatable bonds is 5. The van der Waals surface area contributed by atoms with Crippen molar-refractivity contribution in [3.63, 3.8) is 0 Å². The monoisotopic (exact) mass is 299 g/mol. The maximum Gasteiger partial charge on any atom is 0.142 e. The third kappa shape index (κ3) is 3.35. The van der Waals surface area contributed by atoms with E-state index in [1.165, 1.54) is 11.1 Å². The molecule has 0 amide bonds. The van der Waals surface area contributed by atoms with Crippen LogP contribution in [-0.2, 0) is 5.75 Å². The van der Waals surface area contributed by atoms with E-state index in [4.69, 9.17) is 4.74 Å². The Hall–Kier alpha value is -1.61. The molecule has 2 aromatic rings. The highest BCUT2D eigenvalue weighted by atomic mass is 32.2. The Bertz CT molecular complexity index is 599. The number of fused-ring (bicyclic) bond motifs is 1. The van der Waals surface area contributed by atoms with Crippen LogP contribution in [0.2, 0.25) is 0 Å². The molecule has 1 unspecified atom stereocenters. The molecule has 1 heterocycles. The first kappa shape index (κ1) is 14.3. The summed E-state index contributed by atoms with van der Waals surface area (Å²) in [5.41, 5.74) is 3.95. The SMILES string of the molecule is CCCOc1ccccc1NC1CSCc2ccccc21. The molecule has 0 radical (unpaired) electrons. The number of ether oxygens (including phenoxy) is 1. The molecule has 1 aliphatic rings. The van der Waals surface area contributed by atoms with Crippen LogP contribution in [0.4, 0.5) is 5.69 Å². The summed E-state index contributed by atoms with van der Waals surface area (Å²) in [5.74, 6) is 3.16. The molecule has 2 nitrogen and oxygen atoms in total. The predicted molar refractivity (Wildman–Crippen MR) is 91.2 cm³/mol. The topological polar surface area (TPSA) is 21.3 Å². The first-order chi connectivity index (χ1) is 10.4. The van der Waals surface area contributed by atoms with Crippen molar-refractivity contribution in [2.75, 3.05) is 17.7 Å². The molecular formula is C18H21NOS. The molecule has 3 heteroatoms. The molecule has 0 spiro atoms. The highest BCUT2D eigenvalue weighted by Crippen LogP contribution is 2.36. The van der Waals surface area contributed by atoms with Crippen molar-refractivity contribution in [2.45, 2.75) is 25.1 Å². The maximum absolute atomic E-state index is 5.85. The number of hydrogen-bond acceptors (Lipinski definition) is 3. The van der Waals surface area contributed by atoms with Crippen LogP contribution in [0.3, 0.4) is 0 Å². The number of thioether (sulfide) groups is 1. The molecule has 0 aromatic heterocycles. The Morgan fingerprint density at radius 1 is 1.14 bits per heavy atom. The fourth-order valence-corrected chi connectivity index (χ4v) is 3.71. The summed E-state index contributed by atoms with van der Waals surface area (Å²) in [6, 6.07) is 17.3. The quantitative estimate of drug-likeness (QED) is 0.850. The highest BCUT2D eigenvalue weighted by Gasteiger charge is 2.20.